The molecule has 1 aromatic rings. The van der Waals surface area contributed by atoms with Gasteiger partial charge in [0.15, 0.2) is 5.30 Å². The maximum Gasteiger partial charge on any atom is 0.441 e. The van der Waals surface area contributed by atoms with E-state index in [1.54, 1.807) is 0 Å². The number of aryl methyl sites for hydroxylation is 1. The standard InChI is InChI=1S/C15H26O3P/c1-10-8-11(14(2,3)4)9-12(15(5,6)7)13(10)19(16,17)18/h8-9,16-18H,1-7H3/q+1. The Balaban J connectivity index is 3.68. The van der Waals surface area contributed by atoms with E-state index in [1.165, 1.54) is 0 Å². The highest BCUT2D eigenvalue weighted by Crippen LogP contribution is 2.47. The van der Waals surface area contributed by atoms with Gasteiger partial charge in [-0.3, -0.25) is 0 Å². The fourth-order valence-electron chi connectivity index (χ4n) is 2.18. The highest BCUT2D eigenvalue weighted by molar-refractivity contribution is 7.67. The first-order chi connectivity index (χ1) is 8.24. The van der Waals surface area contributed by atoms with Crippen molar-refractivity contribution >= 4 is 13.2 Å². The molecule has 0 spiro atoms. The highest BCUT2D eigenvalue weighted by Gasteiger charge is 2.42. The zero-order valence-corrected chi connectivity index (χ0v) is 13.8. The van der Waals surface area contributed by atoms with Gasteiger partial charge in [-0.1, -0.05) is 53.7 Å². The first-order valence-electron chi connectivity index (χ1n) is 6.48. The van der Waals surface area contributed by atoms with Gasteiger partial charge in [-0.15, -0.1) is 0 Å². The molecule has 1 rings (SSSR count). The predicted octanol–water partition coefficient (Wildman–Crippen LogP) is 2.95. The number of rotatable bonds is 1. The molecule has 0 bridgehead atoms. The van der Waals surface area contributed by atoms with Crippen LogP contribution in [-0.4, -0.2) is 14.7 Å². The third-order valence-electron chi connectivity index (χ3n) is 3.27. The topological polar surface area (TPSA) is 60.7 Å². The van der Waals surface area contributed by atoms with Gasteiger partial charge in [0.25, 0.3) is 0 Å². The second-order valence-electron chi connectivity index (χ2n) is 7.26. The largest absolute Gasteiger partial charge is 0.441 e. The molecule has 3 N–H and O–H groups in total. The molecule has 0 aliphatic heterocycles. The first kappa shape index (κ1) is 16.6. The van der Waals surface area contributed by atoms with E-state index < -0.39 is 7.94 Å². The molecule has 108 valence electrons. The Morgan fingerprint density at radius 3 is 1.63 bits per heavy atom. The van der Waals surface area contributed by atoms with Crippen LogP contribution in [0, 0.1) is 6.92 Å². The second kappa shape index (κ2) is 4.82. The van der Waals surface area contributed by atoms with Gasteiger partial charge in [0.2, 0.25) is 0 Å². The first-order valence-corrected chi connectivity index (χ1v) is 8.13. The zero-order chi connectivity index (χ0) is 15.2. The lowest BCUT2D eigenvalue weighted by Crippen LogP contribution is -2.29. The molecule has 0 aliphatic rings. The van der Waals surface area contributed by atoms with Gasteiger partial charge in [-0.25, -0.2) is 0 Å². The van der Waals surface area contributed by atoms with Gasteiger partial charge in [0.05, 0.1) is 0 Å². The van der Waals surface area contributed by atoms with Crippen molar-refractivity contribution in [2.75, 3.05) is 0 Å². The summed E-state index contributed by atoms with van der Waals surface area (Å²) in [5.74, 6) is 0. The molecule has 0 saturated heterocycles. The van der Waals surface area contributed by atoms with Crippen molar-refractivity contribution in [2.45, 2.75) is 59.3 Å². The smallest absolute Gasteiger partial charge is 0.189 e. The Morgan fingerprint density at radius 2 is 1.32 bits per heavy atom. The average molecular weight is 285 g/mol. The van der Waals surface area contributed by atoms with E-state index in [0.717, 1.165) is 16.7 Å². The van der Waals surface area contributed by atoms with E-state index in [-0.39, 0.29) is 10.8 Å². The molecule has 0 fully saturated rings. The fourth-order valence-corrected chi connectivity index (χ4v) is 3.44. The summed E-state index contributed by atoms with van der Waals surface area (Å²) in [7, 11) is -4.01. The van der Waals surface area contributed by atoms with Gasteiger partial charge in [-0.2, -0.15) is 14.7 Å². The Morgan fingerprint density at radius 1 is 0.842 bits per heavy atom. The van der Waals surface area contributed by atoms with Crippen molar-refractivity contribution in [2.24, 2.45) is 0 Å². The molecule has 0 aromatic heterocycles. The molecule has 4 heteroatoms. The number of hydrogen-bond acceptors (Lipinski definition) is 3. The van der Waals surface area contributed by atoms with Crippen LogP contribution < -0.4 is 5.30 Å². The van der Waals surface area contributed by atoms with Crippen LogP contribution in [0.1, 0.15) is 58.2 Å². The van der Waals surface area contributed by atoms with Gasteiger partial charge >= 0.3 is 7.94 Å². The van der Waals surface area contributed by atoms with Crippen molar-refractivity contribution in [3.63, 3.8) is 0 Å². The van der Waals surface area contributed by atoms with Crippen LogP contribution in [-0.2, 0) is 10.8 Å². The third-order valence-corrected chi connectivity index (χ3v) is 4.47. The maximum absolute atomic E-state index is 9.73. The third kappa shape index (κ3) is 3.76. The molecule has 0 saturated carbocycles. The van der Waals surface area contributed by atoms with Crippen LogP contribution in [0.5, 0.6) is 0 Å². The minimum absolute atomic E-state index is 0.0231. The average Bonchev–Trinajstić information content (AvgIpc) is 2.11. The second-order valence-corrected chi connectivity index (χ2v) is 8.84. The van der Waals surface area contributed by atoms with Gasteiger partial charge in [0.1, 0.15) is 0 Å². The van der Waals surface area contributed by atoms with Crippen molar-refractivity contribution < 1.29 is 14.7 Å². The van der Waals surface area contributed by atoms with Gasteiger partial charge in [0, 0.05) is 11.1 Å². The van der Waals surface area contributed by atoms with Crippen LogP contribution in [0.4, 0.5) is 0 Å². The van der Waals surface area contributed by atoms with Crippen molar-refractivity contribution in [1.29, 1.82) is 0 Å². The summed E-state index contributed by atoms with van der Waals surface area (Å²) >= 11 is 0. The highest BCUT2D eigenvalue weighted by atomic mass is 31.2. The summed E-state index contributed by atoms with van der Waals surface area (Å²) in [5.41, 5.74) is 2.38. The molecule has 3 nitrogen and oxygen atoms in total. The Kier molecular flexibility index (Phi) is 4.21. The molecular formula is C15H26O3P+. The lowest BCUT2D eigenvalue weighted by molar-refractivity contribution is 0.345. The van der Waals surface area contributed by atoms with Crippen molar-refractivity contribution in [3.05, 3.63) is 28.8 Å². The fraction of sp³-hybridized carbons (Fsp3) is 0.600. The summed E-state index contributed by atoms with van der Waals surface area (Å²) < 4.78 is 0. The van der Waals surface area contributed by atoms with Crippen LogP contribution in [0.25, 0.3) is 0 Å². The lowest BCUT2D eigenvalue weighted by atomic mass is 9.79. The summed E-state index contributed by atoms with van der Waals surface area (Å²) in [6.45, 7) is 14.2. The number of hydrogen-bond donors (Lipinski definition) is 3. The SMILES string of the molecule is Cc1cc(C(C)(C)C)cc(C(C)(C)C)c1[P+](O)(O)O. The van der Waals surface area contributed by atoms with Crippen LogP contribution in [0.3, 0.4) is 0 Å². The quantitative estimate of drug-likeness (QED) is 0.695. The van der Waals surface area contributed by atoms with Crippen LogP contribution in [0.2, 0.25) is 0 Å². The summed E-state index contributed by atoms with van der Waals surface area (Å²) in [6, 6.07) is 3.92. The number of benzene rings is 1. The summed E-state index contributed by atoms with van der Waals surface area (Å²) in [6.07, 6.45) is 0. The van der Waals surface area contributed by atoms with E-state index in [9.17, 15) is 14.7 Å². The summed E-state index contributed by atoms with van der Waals surface area (Å²) in [5, 5.41) is 0.299. The van der Waals surface area contributed by atoms with E-state index in [4.69, 9.17) is 0 Å². The minimum Gasteiger partial charge on any atom is -0.189 e. The normalized spacial score (nSPS) is 13.8. The Bertz CT molecular complexity index is 474. The molecule has 0 radical (unpaired) electrons. The zero-order valence-electron chi connectivity index (χ0n) is 12.9. The molecule has 0 amide bonds. The Labute approximate surface area is 116 Å². The van der Waals surface area contributed by atoms with Gasteiger partial charge in [-0.05, 0) is 23.3 Å². The van der Waals surface area contributed by atoms with Gasteiger partial charge < -0.3 is 0 Å². The van der Waals surface area contributed by atoms with E-state index in [0.29, 0.717) is 5.30 Å². The molecule has 0 atom stereocenters. The Hall–Kier alpha value is -0.470. The lowest BCUT2D eigenvalue weighted by Gasteiger charge is -2.27. The molecule has 0 unspecified atom stereocenters. The monoisotopic (exact) mass is 285 g/mol. The molecule has 0 heterocycles. The molecule has 1 aromatic carbocycles. The van der Waals surface area contributed by atoms with Crippen molar-refractivity contribution in [1.82, 2.24) is 0 Å². The maximum atomic E-state index is 9.73. The van der Waals surface area contributed by atoms with Crippen LogP contribution in [0.15, 0.2) is 12.1 Å². The predicted molar refractivity (Wildman–Crippen MR) is 81.8 cm³/mol. The van der Waals surface area contributed by atoms with Crippen molar-refractivity contribution in [3.8, 4) is 0 Å². The molecule has 19 heavy (non-hydrogen) atoms. The van der Waals surface area contributed by atoms with E-state index in [1.807, 2.05) is 39.8 Å². The minimum atomic E-state index is -4.01. The summed E-state index contributed by atoms with van der Waals surface area (Å²) in [4.78, 5) is 29.2. The van der Waals surface area contributed by atoms with Crippen LogP contribution >= 0.6 is 7.94 Å². The molecule has 0 aliphatic carbocycles. The van der Waals surface area contributed by atoms with E-state index in [2.05, 4.69) is 20.8 Å². The molecular weight excluding hydrogens is 259 g/mol. The van der Waals surface area contributed by atoms with E-state index >= 15 is 0 Å².